The highest BCUT2D eigenvalue weighted by Crippen LogP contribution is 2.30. The van der Waals surface area contributed by atoms with Gasteiger partial charge in [0.05, 0.1) is 6.42 Å². The van der Waals surface area contributed by atoms with E-state index in [1.165, 1.54) is 0 Å². The van der Waals surface area contributed by atoms with Crippen LogP contribution in [0.3, 0.4) is 0 Å². The van der Waals surface area contributed by atoms with Crippen molar-refractivity contribution >= 4 is 17.8 Å². The third-order valence-corrected chi connectivity index (χ3v) is 4.02. The average Bonchev–Trinajstić information content (AvgIpc) is 2.90. The first-order chi connectivity index (χ1) is 10.4. The first-order valence-corrected chi connectivity index (χ1v) is 7.32. The van der Waals surface area contributed by atoms with Crippen LogP contribution < -0.4 is 5.32 Å². The molecule has 1 heterocycles. The minimum atomic E-state index is -0.964. The van der Waals surface area contributed by atoms with E-state index in [0.717, 1.165) is 6.42 Å². The normalized spacial score (nSPS) is 20.7. The van der Waals surface area contributed by atoms with Crippen LogP contribution in [0, 0.1) is 0 Å². The standard InChI is InChI=1S/C16H20N2O4/c1-16(15(22)17-10-8-13(19)20)9-5-11-18(16)14(21)12-6-3-2-4-7-12/h2-4,6-7H,5,8-11H2,1H3,(H,17,22)(H,19,20). The molecule has 1 saturated heterocycles. The van der Waals surface area contributed by atoms with Crippen molar-refractivity contribution in [2.45, 2.75) is 31.7 Å². The Morgan fingerprint density at radius 2 is 1.95 bits per heavy atom. The van der Waals surface area contributed by atoms with Crippen LogP contribution in [0.2, 0.25) is 0 Å². The summed E-state index contributed by atoms with van der Waals surface area (Å²) < 4.78 is 0. The van der Waals surface area contributed by atoms with Crippen LogP contribution in [0.5, 0.6) is 0 Å². The molecule has 6 nitrogen and oxygen atoms in total. The van der Waals surface area contributed by atoms with E-state index < -0.39 is 11.5 Å². The lowest BCUT2D eigenvalue weighted by atomic mass is 9.96. The number of nitrogens with one attached hydrogen (secondary N) is 1. The zero-order valence-corrected chi connectivity index (χ0v) is 12.5. The molecule has 0 aromatic heterocycles. The molecule has 22 heavy (non-hydrogen) atoms. The van der Waals surface area contributed by atoms with Gasteiger partial charge in [-0.2, -0.15) is 0 Å². The first kappa shape index (κ1) is 16.0. The zero-order chi connectivity index (χ0) is 16.2. The number of nitrogens with zero attached hydrogens (tertiary/aromatic N) is 1. The molecule has 0 aliphatic carbocycles. The topological polar surface area (TPSA) is 86.7 Å². The maximum atomic E-state index is 12.6. The quantitative estimate of drug-likeness (QED) is 0.857. The number of likely N-dealkylation sites (tertiary alicyclic amines) is 1. The van der Waals surface area contributed by atoms with Crippen LogP contribution in [0.1, 0.15) is 36.5 Å². The maximum Gasteiger partial charge on any atom is 0.305 e. The van der Waals surface area contributed by atoms with Crippen LogP contribution in [-0.4, -0.2) is 46.4 Å². The molecular formula is C16H20N2O4. The Morgan fingerprint density at radius 1 is 1.27 bits per heavy atom. The van der Waals surface area contributed by atoms with Gasteiger partial charge in [-0.3, -0.25) is 14.4 Å². The number of benzene rings is 1. The maximum absolute atomic E-state index is 12.6. The third-order valence-electron chi connectivity index (χ3n) is 4.02. The molecule has 1 aromatic carbocycles. The Hall–Kier alpha value is -2.37. The van der Waals surface area contributed by atoms with Gasteiger partial charge < -0.3 is 15.3 Å². The predicted octanol–water partition coefficient (Wildman–Crippen LogP) is 1.27. The highest BCUT2D eigenvalue weighted by Gasteiger charge is 2.45. The van der Waals surface area contributed by atoms with E-state index >= 15 is 0 Å². The Morgan fingerprint density at radius 3 is 2.59 bits per heavy atom. The van der Waals surface area contributed by atoms with Crippen molar-refractivity contribution in [1.82, 2.24) is 10.2 Å². The van der Waals surface area contributed by atoms with Crippen LogP contribution in [-0.2, 0) is 9.59 Å². The number of hydrogen-bond acceptors (Lipinski definition) is 3. The number of amides is 2. The highest BCUT2D eigenvalue weighted by atomic mass is 16.4. The predicted molar refractivity (Wildman–Crippen MR) is 80.4 cm³/mol. The van der Waals surface area contributed by atoms with Gasteiger partial charge in [0.25, 0.3) is 5.91 Å². The van der Waals surface area contributed by atoms with Gasteiger partial charge in [-0.25, -0.2) is 0 Å². The van der Waals surface area contributed by atoms with Crippen molar-refractivity contribution in [2.75, 3.05) is 13.1 Å². The molecule has 2 N–H and O–H groups in total. The number of rotatable bonds is 5. The third kappa shape index (κ3) is 3.27. The number of carbonyl (C=O) groups excluding carboxylic acids is 2. The fourth-order valence-electron chi connectivity index (χ4n) is 2.73. The Labute approximate surface area is 129 Å². The minimum Gasteiger partial charge on any atom is -0.481 e. The minimum absolute atomic E-state index is 0.0666. The summed E-state index contributed by atoms with van der Waals surface area (Å²) in [4.78, 5) is 37.1. The summed E-state index contributed by atoms with van der Waals surface area (Å²) in [6.07, 6.45) is 1.19. The Bertz CT molecular complexity index is 573. The van der Waals surface area contributed by atoms with Crippen LogP contribution in [0.25, 0.3) is 0 Å². The lowest BCUT2D eigenvalue weighted by molar-refractivity contribution is -0.137. The van der Waals surface area contributed by atoms with Crippen molar-refractivity contribution in [3.05, 3.63) is 35.9 Å². The number of carbonyl (C=O) groups is 3. The lowest BCUT2D eigenvalue weighted by Crippen LogP contribution is -2.55. The number of aliphatic carboxylic acids is 1. The van der Waals surface area contributed by atoms with Crippen molar-refractivity contribution in [1.29, 1.82) is 0 Å². The van der Waals surface area contributed by atoms with E-state index in [9.17, 15) is 14.4 Å². The molecule has 0 saturated carbocycles. The fraction of sp³-hybridized carbons (Fsp3) is 0.438. The summed E-state index contributed by atoms with van der Waals surface area (Å²) in [5.74, 6) is -1.43. The number of carboxylic acid groups (broad SMARTS) is 1. The summed E-state index contributed by atoms with van der Waals surface area (Å²) in [5, 5.41) is 11.2. The van der Waals surface area contributed by atoms with Crippen molar-refractivity contribution in [3.8, 4) is 0 Å². The summed E-state index contributed by atoms with van der Waals surface area (Å²) in [6.45, 7) is 2.32. The monoisotopic (exact) mass is 304 g/mol. The van der Waals surface area contributed by atoms with Crippen LogP contribution in [0.4, 0.5) is 0 Å². The summed E-state index contributed by atoms with van der Waals surface area (Å²) in [7, 11) is 0. The Balaban J connectivity index is 2.09. The molecule has 1 aliphatic heterocycles. The van der Waals surface area contributed by atoms with E-state index in [4.69, 9.17) is 5.11 Å². The number of hydrogen-bond donors (Lipinski definition) is 2. The molecule has 118 valence electrons. The Kier molecular flexibility index (Phi) is 4.80. The van der Waals surface area contributed by atoms with Crippen molar-refractivity contribution < 1.29 is 19.5 Å². The molecule has 1 fully saturated rings. The molecule has 1 aliphatic rings. The largest absolute Gasteiger partial charge is 0.481 e. The SMILES string of the molecule is CC1(C(=O)NCCC(=O)O)CCCN1C(=O)c1ccccc1. The summed E-state index contributed by atoms with van der Waals surface area (Å²) in [5.41, 5.74) is -0.375. The highest BCUT2D eigenvalue weighted by molar-refractivity contribution is 5.99. The fourth-order valence-corrected chi connectivity index (χ4v) is 2.73. The van der Waals surface area contributed by atoms with Gasteiger partial charge >= 0.3 is 5.97 Å². The van der Waals surface area contributed by atoms with Gasteiger partial charge in [0.15, 0.2) is 0 Å². The summed E-state index contributed by atoms with van der Waals surface area (Å²) in [6, 6.07) is 8.85. The second-order valence-electron chi connectivity index (χ2n) is 5.60. The van der Waals surface area contributed by atoms with Gasteiger partial charge in [0.2, 0.25) is 5.91 Å². The molecule has 6 heteroatoms. The average molecular weight is 304 g/mol. The van der Waals surface area contributed by atoms with Crippen LogP contribution in [0.15, 0.2) is 30.3 Å². The smallest absolute Gasteiger partial charge is 0.305 e. The number of carboxylic acids is 1. The summed E-state index contributed by atoms with van der Waals surface area (Å²) >= 11 is 0. The van der Waals surface area contributed by atoms with E-state index in [-0.39, 0.29) is 24.8 Å². The molecule has 1 unspecified atom stereocenters. The van der Waals surface area contributed by atoms with E-state index in [2.05, 4.69) is 5.32 Å². The van der Waals surface area contributed by atoms with Gasteiger partial charge in [0, 0.05) is 18.7 Å². The first-order valence-electron chi connectivity index (χ1n) is 7.32. The second kappa shape index (κ2) is 6.60. The van der Waals surface area contributed by atoms with Gasteiger partial charge in [-0.05, 0) is 31.9 Å². The molecular weight excluding hydrogens is 284 g/mol. The van der Waals surface area contributed by atoms with Gasteiger partial charge in [0.1, 0.15) is 5.54 Å². The lowest BCUT2D eigenvalue weighted by Gasteiger charge is -2.34. The van der Waals surface area contributed by atoms with Gasteiger partial charge in [-0.15, -0.1) is 0 Å². The second-order valence-corrected chi connectivity index (χ2v) is 5.60. The molecule has 1 aromatic rings. The van der Waals surface area contributed by atoms with Crippen LogP contribution >= 0.6 is 0 Å². The molecule has 2 amide bonds. The van der Waals surface area contributed by atoms with Crippen molar-refractivity contribution in [3.63, 3.8) is 0 Å². The van der Waals surface area contributed by atoms with E-state index in [1.54, 1.807) is 36.1 Å². The van der Waals surface area contributed by atoms with Gasteiger partial charge in [-0.1, -0.05) is 18.2 Å². The molecule has 2 rings (SSSR count). The molecule has 0 bridgehead atoms. The molecule has 0 radical (unpaired) electrons. The van der Waals surface area contributed by atoms with E-state index in [0.29, 0.717) is 18.5 Å². The zero-order valence-electron chi connectivity index (χ0n) is 12.5. The molecule has 0 spiro atoms. The van der Waals surface area contributed by atoms with Crippen molar-refractivity contribution in [2.24, 2.45) is 0 Å². The van der Waals surface area contributed by atoms with E-state index in [1.807, 2.05) is 6.07 Å². The molecule has 1 atom stereocenters.